The Morgan fingerprint density at radius 2 is 1.58 bits per heavy atom. The van der Waals surface area contributed by atoms with Gasteiger partial charge in [-0.05, 0) is 26.2 Å². The molecule has 178 valence electrons. The number of hydrogen-bond acceptors (Lipinski definition) is 4. The third-order valence-electron chi connectivity index (χ3n) is 6.07. The van der Waals surface area contributed by atoms with Crippen LogP contribution >= 0.6 is 0 Å². The number of carbonyl (C=O) groups excluding carboxylic acids is 1. The van der Waals surface area contributed by atoms with Crippen molar-refractivity contribution in [3.63, 3.8) is 0 Å². The average Bonchev–Trinajstić information content (AvgIpc) is 2.80. The molecule has 1 unspecified atom stereocenters. The molecule has 0 aromatic carbocycles. The summed E-state index contributed by atoms with van der Waals surface area (Å²) in [6.07, 6.45) is 29.5. The van der Waals surface area contributed by atoms with Crippen molar-refractivity contribution in [1.29, 1.82) is 0 Å². The van der Waals surface area contributed by atoms with Gasteiger partial charge in [0.1, 0.15) is 5.60 Å². The minimum absolute atomic E-state index is 0.198. The maximum Gasteiger partial charge on any atom is 0.308 e. The molecule has 0 aliphatic carbocycles. The van der Waals surface area contributed by atoms with E-state index in [1.165, 1.54) is 77.7 Å². The summed E-state index contributed by atoms with van der Waals surface area (Å²) in [5.41, 5.74) is -0.338. The van der Waals surface area contributed by atoms with Crippen molar-refractivity contribution in [2.45, 2.75) is 109 Å². The first kappa shape index (κ1) is 27.6. The molecule has 0 N–H and O–H groups in total. The molecule has 0 bridgehead atoms. The number of rotatable bonds is 18. The lowest BCUT2D eigenvalue weighted by Gasteiger charge is -2.34. The summed E-state index contributed by atoms with van der Waals surface area (Å²) in [5.74, 6) is -0.243. The van der Waals surface area contributed by atoms with E-state index in [4.69, 9.17) is 14.2 Å². The van der Waals surface area contributed by atoms with Gasteiger partial charge in [-0.25, -0.2) is 0 Å². The number of esters is 1. The van der Waals surface area contributed by atoms with Gasteiger partial charge in [0.05, 0.1) is 26.2 Å². The van der Waals surface area contributed by atoms with Gasteiger partial charge in [0.2, 0.25) is 0 Å². The first-order chi connectivity index (χ1) is 15.2. The summed E-state index contributed by atoms with van der Waals surface area (Å²) in [7, 11) is 3.15. The van der Waals surface area contributed by atoms with Crippen LogP contribution in [0.4, 0.5) is 0 Å². The highest BCUT2D eigenvalue weighted by Gasteiger charge is 2.32. The molecule has 0 aromatic heterocycles. The Morgan fingerprint density at radius 3 is 2.10 bits per heavy atom. The molecule has 0 aromatic rings. The van der Waals surface area contributed by atoms with Crippen molar-refractivity contribution in [1.82, 2.24) is 0 Å². The standard InChI is InChI=1S/C27H46O4/c1-4-5-6-7-8-9-10-11-12-13-14-15-16-17-18-19-21-27(30-3)22-20-25(31-24-27)23-26(28)29-2/h4-7,20,22,25H,8-19,21,23-24H2,1-3H3/b5-4+,7-6+/t25?,27-/m1/s1. The second kappa shape index (κ2) is 18.2. The minimum atomic E-state index is -0.338. The van der Waals surface area contributed by atoms with Gasteiger partial charge in [0.15, 0.2) is 0 Å². The van der Waals surface area contributed by atoms with Crippen molar-refractivity contribution in [2.24, 2.45) is 0 Å². The van der Waals surface area contributed by atoms with Gasteiger partial charge in [-0.15, -0.1) is 0 Å². The van der Waals surface area contributed by atoms with E-state index in [9.17, 15) is 4.79 Å². The predicted octanol–water partition coefficient (Wildman–Crippen LogP) is 7.09. The van der Waals surface area contributed by atoms with Crippen LogP contribution < -0.4 is 0 Å². The van der Waals surface area contributed by atoms with E-state index in [1.54, 1.807) is 7.11 Å². The van der Waals surface area contributed by atoms with E-state index in [2.05, 4.69) is 37.3 Å². The fourth-order valence-electron chi connectivity index (χ4n) is 3.96. The number of carbonyl (C=O) groups is 1. The topological polar surface area (TPSA) is 44.8 Å². The summed E-state index contributed by atoms with van der Waals surface area (Å²) in [5, 5.41) is 0. The van der Waals surface area contributed by atoms with Crippen LogP contribution in [0.5, 0.6) is 0 Å². The normalized spacial score (nSPS) is 21.3. The van der Waals surface area contributed by atoms with E-state index in [-0.39, 0.29) is 24.1 Å². The Labute approximate surface area is 191 Å². The Hall–Kier alpha value is -1.39. The molecule has 31 heavy (non-hydrogen) atoms. The first-order valence-electron chi connectivity index (χ1n) is 12.4. The second-order valence-corrected chi connectivity index (χ2v) is 8.64. The quantitative estimate of drug-likeness (QED) is 0.0999. The Kier molecular flexibility index (Phi) is 16.2. The molecule has 1 heterocycles. The molecular weight excluding hydrogens is 388 g/mol. The fraction of sp³-hybridized carbons (Fsp3) is 0.741. The number of allylic oxidation sites excluding steroid dienone is 4. The van der Waals surface area contributed by atoms with E-state index in [1.807, 2.05) is 6.08 Å². The van der Waals surface area contributed by atoms with Crippen LogP contribution in [0.3, 0.4) is 0 Å². The molecule has 1 aliphatic heterocycles. The number of ether oxygens (including phenoxy) is 3. The molecule has 0 amide bonds. The largest absolute Gasteiger partial charge is 0.469 e. The van der Waals surface area contributed by atoms with Crippen LogP contribution in [0.1, 0.15) is 96.8 Å². The predicted molar refractivity (Wildman–Crippen MR) is 129 cm³/mol. The van der Waals surface area contributed by atoms with Crippen LogP contribution in [0.25, 0.3) is 0 Å². The maximum absolute atomic E-state index is 11.4. The van der Waals surface area contributed by atoms with Crippen LogP contribution in [-0.2, 0) is 19.0 Å². The zero-order valence-electron chi connectivity index (χ0n) is 20.3. The highest BCUT2D eigenvalue weighted by molar-refractivity contribution is 5.70. The summed E-state index contributed by atoms with van der Waals surface area (Å²) in [4.78, 5) is 11.4. The second-order valence-electron chi connectivity index (χ2n) is 8.64. The first-order valence-corrected chi connectivity index (χ1v) is 12.4. The van der Waals surface area contributed by atoms with E-state index in [0.29, 0.717) is 6.61 Å². The number of unbranched alkanes of at least 4 members (excludes halogenated alkanes) is 11. The maximum atomic E-state index is 11.4. The average molecular weight is 435 g/mol. The highest BCUT2D eigenvalue weighted by atomic mass is 16.5. The zero-order valence-corrected chi connectivity index (χ0v) is 20.3. The van der Waals surface area contributed by atoms with Gasteiger partial charge in [-0.2, -0.15) is 0 Å². The zero-order chi connectivity index (χ0) is 22.6. The SMILES string of the molecule is C/C=C/C=C/CCCCCCCCCCCCC[C@@]1(OC)C=CC(CC(=O)OC)OC1. The lowest BCUT2D eigenvalue weighted by atomic mass is 9.93. The van der Waals surface area contributed by atoms with E-state index < -0.39 is 0 Å². The van der Waals surface area contributed by atoms with Crippen molar-refractivity contribution in [3.05, 3.63) is 36.5 Å². The third-order valence-corrected chi connectivity index (χ3v) is 6.07. The molecule has 4 nitrogen and oxygen atoms in total. The van der Waals surface area contributed by atoms with Gasteiger partial charge in [0.25, 0.3) is 0 Å². The minimum Gasteiger partial charge on any atom is -0.469 e. The molecule has 1 rings (SSSR count). The Balaban J connectivity index is 1.97. The van der Waals surface area contributed by atoms with Crippen LogP contribution in [0.15, 0.2) is 36.5 Å². The lowest BCUT2D eigenvalue weighted by Crippen LogP contribution is -2.40. The molecule has 0 fully saturated rings. The third kappa shape index (κ3) is 13.6. The number of hydrogen-bond donors (Lipinski definition) is 0. The summed E-state index contributed by atoms with van der Waals surface area (Å²) < 4.78 is 16.3. The molecule has 0 saturated carbocycles. The molecule has 4 heteroatoms. The highest BCUT2D eigenvalue weighted by Crippen LogP contribution is 2.27. The fourth-order valence-corrected chi connectivity index (χ4v) is 3.96. The summed E-state index contributed by atoms with van der Waals surface area (Å²) in [6, 6.07) is 0. The molecular formula is C27H46O4. The summed E-state index contributed by atoms with van der Waals surface area (Å²) in [6.45, 7) is 2.56. The van der Waals surface area contributed by atoms with E-state index in [0.717, 1.165) is 12.8 Å². The van der Waals surface area contributed by atoms with Gasteiger partial charge in [-0.1, -0.05) is 101 Å². The van der Waals surface area contributed by atoms with Gasteiger partial charge >= 0.3 is 5.97 Å². The van der Waals surface area contributed by atoms with Crippen molar-refractivity contribution < 1.29 is 19.0 Å². The number of methoxy groups -OCH3 is 2. The van der Waals surface area contributed by atoms with Crippen molar-refractivity contribution in [3.8, 4) is 0 Å². The van der Waals surface area contributed by atoms with Crippen molar-refractivity contribution in [2.75, 3.05) is 20.8 Å². The molecule has 0 radical (unpaired) electrons. The van der Waals surface area contributed by atoms with Gasteiger partial charge in [-0.3, -0.25) is 4.79 Å². The smallest absolute Gasteiger partial charge is 0.308 e. The summed E-state index contributed by atoms with van der Waals surface area (Å²) >= 11 is 0. The van der Waals surface area contributed by atoms with Gasteiger partial charge < -0.3 is 14.2 Å². The molecule has 0 saturated heterocycles. The Bertz CT molecular complexity index is 537. The Morgan fingerprint density at radius 1 is 0.968 bits per heavy atom. The monoisotopic (exact) mass is 434 g/mol. The van der Waals surface area contributed by atoms with Crippen LogP contribution in [-0.4, -0.2) is 38.5 Å². The lowest BCUT2D eigenvalue weighted by molar-refractivity contribution is -0.145. The van der Waals surface area contributed by atoms with Crippen LogP contribution in [0, 0.1) is 0 Å². The molecule has 1 aliphatic rings. The van der Waals surface area contributed by atoms with Crippen LogP contribution in [0.2, 0.25) is 0 Å². The van der Waals surface area contributed by atoms with Gasteiger partial charge in [0, 0.05) is 7.11 Å². The van der Waals surface area contributed by atoms with Crippen molar-refractivity contribution >= 4 is 5.97 Å². The molecule has 2 atom stereocenters. The van der Waals surface area contributed by atoms with E-state index >= 15 is 0 Å². The molecule has 0 spiro atoms.